The highest BCUT2D eigenvalue weighted by Gasteiger charge is 2.19. The summed E-state index contributed by atoms with van der Waals surface area (Å²) in [4.78, 5) is 12.3. The van der Waals surface area contributed by atoms with Crippen molar-refractivity contribution in [1.82, 2.24) is 0 Å². The molecule has 25 heavy (non-hydrogen) atoms. The van der Waals surface area contributed by atoms with E-state index >= 15 is 0 Å². The maximum absolute atomic E-state index is 12.3. The van der Waals surface area contributed by atoms with Crippen LogP contribution in [-0.2, 0) is 4.79 Å². The molecule has 2 rings (SSSR count). The van der Waals surface area contributed by atoms with Crippen molar-refractivity contribution in [3.05, 3.63) is 55.0 Å². The van der Waals surface area contributed by atoms with Crippen LogP contribution in [0, 0.1) is 34.6 Å². The topological polar surface area (TPSA) is 38.3 Å². The summed E-state index contributed by atoms with van der Waals surface area (Å²) in [5.41, 5.74) is 5.28. The van der Waals surface area contributed by atoms with Gasteiger partial charge in [0.25, 0.3) is 5.91 Å². The van der Waals surface area contributed by atoms with Crippen LogP contribution in [0.25, 0.3) is 0 Å². The molecule has 0 spiro atoms. The molecule has 6 heteroatoms. The zero-order valence-corrected chi connectivity index (χ0v) is 17.1. The normalized spacial score (nSPS) is 10.7. The molecule has 134 valence electrons. The van der Waals surface area contributed by atoms with Gasteiger partial charge in [-0.15, -0.1) is 0 Å². The lowest BCUT2D eigenvalue weighted by molar-refractivity contribution is -0.118. The molecule has 0 saturated carbocycles. The molecule has 0 aliphatic rings. The van der Waals surface area contributed by atoms with Crippen LogP contribution >= 0.6 is 34.8 Å². The minimum atomic E-state index is -0.285. The highest BCUT2D eigenvalue weighted by molar-refractivity contribution is 6.42. The van der Waals surface area contributed by atoms with Crippen LogP contribution in [0.2, 0.25) is 15.1 Å². The smallest absolute Gasteiger partial charge is 0.262 e. The van der Waals surface area contributed by atoms with E-state index in [-0.39, 0.29) is 18.3 Å². The zero-order valence-electron chi connectivity index (χ0n) is 14.8. The third-order valence-electron chi connectivity index (χ3n) is 4.00. The average molecular weight is 401 g/mol. The van der Waals surface area contributed by atoms with Gasteiger partial charge in [-0.05, 0) is 56.9 Å². The van der Waals surface area contributed by atoms with Crippen LogP contribution < -0.4 is 10.1 Å². The van der Waals surface area contributed by atoms with Gasteiger partial charge in [0.15, 0.2) is 12.4 Å². The molecule has 0 aliphatic heterocycles. The largest absolute Gasteiger partial charge is 0.481 e. The second-order valence-electron chi connectivity index (χ2n) is 6.13. The van der Waals surface area contributed by atoms with Crippen molar-refractivity contribution >= 4 is 46.4 Å². The van der Waals surface area contributed by atoms with Gasteiger partial charge in [0, 0.05) is 10.7 Å². The van der Waals surface area contributed by atoms with Crippen molar-refractivity contribution in [3.8, 4) is 5.75 Å². The highest BCUT2D eigenvalue weighted by Crippen LogP contribution is 2.42. The molecule has 0 aliphatic carbocycles. The summed E-state index contributed by atoms with van der Waals surface area (Å²) < 4.78 is 5.59. The fourth-order valence-electron chi connectivity index (χ4n) is 2.73. The number of rotatable bonds is 4. The lowest BCUT2D eigenvalue weighted by atomic mass is 10.1. The van der Waals surface area contributed by atoms with Crippen molar-refractivity contribution < 1.29 is 9.53 Å². The van der Waals surface area contributed by atoms with E-state index in [2.05, 4.69) is 5.32 Å². The van der Waals surface area contributed by atoms with Crippen LogP contribution in [0.15, 0.2) is 12.1 Å². The van der Waals surface area contributed by atoms with Crippen LogP contribution in [0.4, 0.5) is 5.69 Å². The Morgan fingerprint density at radius 2 is 1.40 bits per heavy atom. The highest BCUT2D eigenvalue weighted by atomic mass is 35.5. The predicted octanol–water partition coefficient (Wildman–Crippen LogP) is 6.21. The van der Waals surface area contributed by atoms with Gasteiger partial charge in [-0.1, -0.05) is 52.5 Å². The van der Waals surface area contributed by atoms with Crippen molar-refractivity contribution in [2.75, 3.05) is 11.9 Å². The molecule has 0 bridgehead atoms. The quantitative estimate of drug-likeness (QED) is 0.663. The summed E-state index contributed by atoms with van der Waals surface area (Å²) in [7, 11) is 0. The minimum Gasteiger partial charge on any atom is -0.481 e. The molecule has 0 fully saturated rings. The van der Waals surface area contributed by atoms with Gasteiger partial charge < -0.3 is 10.1 Å². The number of ether oxygens (including phenoxy) is 1. The number of hydrogen-bond donors (Lipinski definition) is 1. The fraction of sp³-hybridized carbons (Fsp3) is 0.316. The second-order valence-corrected chi connectivity index (χ2v) is 7.27. The first-order valence-electron chi connectivity index (χ1n) is 7.77. The van der Waals surface area contributed by atoms with Crippen molar-refractivity contribution in [2.24, 2.45) is 0 Å². The minimum absolute atomic E-state index is 0.202. The van der Waals surface area contributed by atoms with E-state index in [9.17, 15) is 4.79 Å². The number of halogens is 3. The molecule has 0 aromatic heterocycles. The molecule has 2 aromatic carbocycles. The van der Waals surface area contributed by atoms with Crippen molar-refractivity contribution in [1.29, 1.82) is 0 Å². The molecule has 1 N–H and O–H groups in total. The maximum atomic E-state index is 12.3. The maximum Gasteiger partial charge on any atom is 0.262 e. The van der Waals surface area contributed by atoms with E-state index in [4.69, 9.17) is 39.5 Å². The Kier molecular flexibility index (Phi) is 6.26. The first kappa shape index (κ1) is 19.9. The van der Waals surface area contributed by atoms with Crippen LogP contribution in [0.5, 0.6) is 5.75 Å². The lowest BCUT2D eigenvalue weighted by Gasteiger charge is -2.16. The zero-order chi connectivity index (χ0) is 18.9. The van der Waals surface area contributed by atoms with E-state index in [1.165, 1.54) is 0 Å². The number of hydrogen-bond acceptors (Lipinski definition) is 2. The Morgan fingerprint density at radius 1 is 0.920 bits per heavy atom. The van der Waals surface area contributed by atoms with Gasteiger partial charge in [0.05, 0.1) is 10.0 Å². The average Bonchev–Trinajstić information content (AvgIpc) is 2.54. The number of carbonyl (C=O) groups excluding carboxylic acids is 1. The summed E-state index contributed by atoms with van der Waals surface area (Å²) in [6.07, 6.45) is 0. The fourth-order valence-corrected chi connectivity index (χ4v) is 3.55. The molecule has 0 radical (unpaired) electrons. The molecule has 2 aromatic rings. The Labute approximate surface area is 163 Å². The molecule has 1 amide bonds. The molecule has 0 unspecified atom stereocenters. The molecule has 3 nitrogen and oxygen atoms in total. The Bertz CT molecular complexity index is 795. The molecule has 0 saturated heterocycles. The molecule has 0 atom stereocenters. The summed E-state index contributed by atoms with van der Waals surface area (Å²) >= 11 is 18.7. The van der Waals surface area contributed by atoms with Gasteiger partial charge in [-0.3, -0.25) is 4.79 Å². The SMILES string of the molecule is Cc1cc(C)c(NC(=O)COc2c(Cl)c(C)c(Cl)c(C)c2Cl)c(C)c1. The Hall–Kier alpha value is -1.42. The lowest BCUT2D eigenvalue weighted by Crippen LogP contribution is -2.21. The summed E-state index contributed by atoms with van der Waals surface area (Å²) in [6, 6.07) is 4.03. The first-order chi connectivity index (χ1) is 11.6. The van der Waals surface area contributed by atoms with Gasteiger partial charge in [-0.25, -0.2) is 0 Å². The van der Waals surface area contributed by atoms with E-state index in [0.717, 1.165) is 22.4 Å². The predicted molar refractivity (Wildman–Crippen MR) is 106 cm³/mol. The number of aryl methyl sites for hydroxylation is 3. The number of carbonyl (C=O) groups is 1. The molecular weight excluding hydrogens is 381 g/mol. The standard InChI is InChI=1S/C19H20Cl3NO2/c1-9-6-10(2)18(11(3)7-9)23-14(24)8-25-19-16(21)12(4)15(20)13(5)17(19)22/h6-7H,8H2,1-5H3,(H,23,24). The van der Waals surface area contributed by atoms with Crippen molar-refractivity contribution in [3.63, 3.8) is 0 Å². The summed E-state index contributed by atoms with van der Waals surface area (Å²) in [5, 5.41) is 4.01. The third kappa shape index (κ3) is 4.22. The molecule has 0 heterocycles. The molecular formula is C19H20Cl3NO2. The van der Waals surface area contributed by atoms with E-state index in [1.54, 1.807) is 13.8 Å². The Morgan fingerprint density at radius 3 is 1.88 bits per heavy atom. The number of benzene rings is 2. The second kappa shape index (κ2) is 7.86. The third-order valence-corrected chi connectivity index (χ3v) is 5.48. The number of amides is 1. The van der Waals surface area contributed by atoms with Crippen molar-refractivity contribution in [2.45, 2.75) is 34.6 Å². The van der Waals surface area contributed by atoms with E-state index in [1.807, 2.05) is 32.9 Å². The number of nitrogens with one attached hydrogen (secondary N) is 1. The van der Waals surface area contributed by atoms with Crippen LogP contribution in [0.3, 0.4) is 0 Å². The van der Waals surface area contributed by atoms with Gasteiger partial charge in [0.2, 0.25) is 0 Å². The van der Waals surface area contributed by atoms with E-state index in [0.29, 0.717) is 26.2 Å². The van der Waals surface area contributed by atoms with Gasteiger partial charge >= 0.3 is 0 Å². The summed E-state index contributed by atoms with van der Waals surface area (Å²) in [5.74, 6) is -0.0114. The number of anilines is 1. The van der Waals surface area contributed by atoms with Gasteiger partial charge in [-0.2, -0.15) is 0 Å². The van der Waals surface area contributed by atoms with Crippen LogP contribution in [0.1, 0.15) is 27.8 Å². The van der Waals surface area contributed by atoms with Gasteiger partial charge in [0.1, 0.15) is 0 Å². The summed E-state index contributed by atoms with van der Waals surface area (Å²) in [6.45, 7) is 9.28. The van der Waals surface area contributed by atoms with Crippen LogP contribution in [-0.4, -0.2) is 12.5 Å². The first-order valence-corrected chi connectivity index (χ1v) is 8.91. The van der Waals surface area contributed by atoms with E-state index < -0.39 is 0 Å². The monoisotopic (exact) mass is 399 g/mol. The Balaban J connectivity index is 2.17.